The molecule has 0 fully saturated rings. The SMILES string of the molecule is Cc1cc(Cl)c(S(=O)(=O)N(C)CCO)cc1N. The van der Waals surface area contributed by atoms with Gasteiger partial charge in [-0.3, -0.25) is 0 Å². The number of aryl methyl sites for hydroxylation is 1. The Morgan fingerprint density at radius 2 is 2.06 bits per heavy atom. The lowest BCUT2D eigenvalue weighted by atomic mass is 10.2. The quantitative estimate of drug-likeness (QED) is 0.800. The summed E-state index contributed by atoms with van der Waals surface area (Å²) in [4.78, 5) is -0.0433. The highest BCUT2D eigenvalue weighted by atomic mass is 35.5. The molecule has 0 aliphatic rings. The Balaban J connectivity index is 3.29. The minimum Gasteiger partial charge on any atom is -0.398 e. The summed E-state index contributed by atoms with van der Waals surface area (Å²) < 4.78 is 25.2. The van der Waals surface area contributed by atoms with Gasteiger partial charge in [-0.15, -0.1) is 0 Å². The lowest BCUT2D eigenvalue weighted by Gasteiger charge is -2.17. The number of hydrogen-bond acceptors (Lipinski definition) is 4. The molecule has 17 heavy (non-hydrogen) atoms. The van der Waals surface area contributed by atoms with Crippen molar-refractivity contribution in [3.8, 4) is 0 Å². The van der Waals surface area contributed by atoms with E-state index in [1.165, 1.54) is 19.2 Å². The minimum absolute atomic E-state index is 0.00639. The predicted molar refractivity (Wildman–Crippen MR) is 67.5 cm³/mol. The highest BCUT2D eigenvalue weighted by Crippen LogP contribution is 2.28. The number of rotatable bonds is 4. The molecule has 0 unspecified atom stereocenters. The van der Waals surface area contributed by atoms with Crippen LogP contribution in [0, 0.1) is 6.92 Å². The Morgan fingerprint density at radius 1 is 1.47 bits per heavy atom. The molecule has 0 heterocycles. The molecule has 0 saturated carbocycles. The van der Waals surface area contributed by atoms with Crippen molar-refractivity contribution in [3.63, 3.8) is 0 Å². The summed E-state index contributed by atoms with van der Waals surface area (Å²) in [6.45, 7) is 1.50. The van der Waals surface area contributed by atoms with E-state index >= 15 is 0 Å². The average molecular weight is 279 g/mol. The molecule has 0 aromatic heterocycles. The monoisotopic (exact) mass is 278 g/mol. The first-order valence-corrected chi connectivity index (χ1v) is 6.75. The van der Waals surface area contributed by atoms with Crippen LogP contribution in [0.4, 0.5) is 5.69 Å². The second-order valence-electron chi connectivity index (χ2n) is 3.69. The number of aliphatic hydroxyl groups excluding tert-OH is 1. The zero-order valence-corrected chi connectivity index (χ0v) is 11.2. The highest BCUT2D eigenvalue weighted by molar-refractivity contribution is 7.89. The smallest absolute Gasteiger partial charge is 0.244 e. The van der Waals surface area contributed by atoms with Gasteiger partial charge in [0.05, 0.1) is 11.6 Å². The van der Waals surface area contributed by atoms with Gasteiger partial charge in [-0.2, -0.15) is 4.31 Å². The number of nitrogens with zero attached hydrogens (tertiary/aromatic N) is 1. The molecule has 0 bridgehead atoms. The Kier molecular flexibility index (Phi) is 4.37. The topological polar surface area (TPSA) is 83.6 Å². The Hall–Kier alpha value is -0.820. The predicted octanol–water partition coefficient (Wildman–Crippen LogP) is 0.843. The Morgan fingerprint density at radius 3 is 2.59 bits per heavy atom. The molecule has 0 saturated heterocycles. The number of halogens is 1. The van der Waals surface area contributed by atoms with E-state index in [4.69, 9.17) is 22.4 Å². The first-order chi connectivity index (χ1) is 7.80. The van der Waals surface area contributed by atoms with E-state index in [2.05, 4.69) is 0 Å². The van der Waals surface area contributed by atoms with Gasteiger partial charge < -0.3 is 10.8 Å². The maximum Gasteiger partial charge on any atom is 0.244 e. The molecule has 1 aromatic rings. The number of aliphatic hydroxyl groups is 1. The Bertz CT molecular complexity index is 517. The molecular formula is C10H15ClN2O3S. The van der Waals surface area contributed by atoms with Crippen molar-refractivity contribution >= 4 is 27.3 Å². The van der Waals surface area contributed by atoms with Gasteiger partial charge >= 0.3 is 0 Å². The number of anilines is 1. The molecule has 0 radical (unpaired) electrons. The fraction of sp³-hybridized carbons (Fsp3) is 0.400. The molecule has 1 rings (SSSR count). The maximum atomic E-state index is 12.1. The van der Waals surface area contributed by atoms with Crippen LogP contribution in [-0.4, -0.2) is 38.0 Å². The summed E-state index contributed by atoms with van der Waals surface area (Å²) in [5.41, 5.74) is 6.76. The van der Waals surface area contributed by atoms with E-state index in [9.17, 15) is 8.42 Å². The van der Waals surface area contributed by atoms with Gasteiger partial charge in [-0.05, 0) is 24.6 Å². The molecule has 0 spiro atoms. The fourth-order valence-corrected chi connectivity index (χ4v) is 3.04. The molecule has 0 atom stereocenters. The van der Waals surface area contributed by atoms with Crippen LogP contribution in [0.2, 0.25) is 5.02 Å². The van der Waals surface area contributed by atoms with E-state index in [0.717, 1.165) is 9.87 Å². The van der Waals surface area contributed by atoms with E-state index in [1.807, 2.05) is 0 Å². The first kappa shape index (κ1) is 14.2. The lowest BCUT2D eigenvalue weighted by Crippen LogP contribution is -2.30. The van der Waals surface area contributed by atoms with E-state index in [1.54, 1.807) is 6.92 Å². The van der Waals surface area contributed by atoms with Gasteiger partial charge in [0.25, 0.3) is 0 Å². The number of benzene rings is 1. The standard InChI is InChI=1S/C10H15ClN2O3S/c1-7-5-8(11)10(6-9(7)12)17(15,16)13(2)3-4-14/h5-6,14H,3-4,12H2,1-2H3. The van der Waals surface area contributed by atoms with Crippen molar-refractivity contribution in [1.29, 1.82) is 0 Å². The van der Waals surface area contributed by atoms with Crippen LogP contribution >= 0.6 is 11.6 Å². The van der Waals surface area contributed by atoms with Crippen LogP contribution < -0.4 is 5.73 Å². The van der Waals surface area contributed by atoms with Crippen LogP contribution in [0.25, 0.3) is 0 Å². The van der Waals surface area contributed by atoms with Gasteiger partial charge in [0.15, 0.2) is 0 Å². The van der Waals surface area contributed by atoms with Crippen molar-refractivity contribution in [1.82, 2.24) is 4.31 Å². The molecule has 0 aliphatic heterocycles. The second kappa shape index (κ2) is 5.22. The largest absolute Gasteiger partial charge is 0.398 e. The molecular weight excluding hydrogens is 264 g/mol. The zero-order valence-electron chi connectivity index (χ0n) is 9.64. The van der Waals surface area contributed by atoms with E-state index in [-0.39, 0.29) is 23.1 Å². The average Bonchev–Trinajstić information content (AvgIpc) is 2.23. The third-order valence-corrected chi connectivity index (χ3v) is 4.75. The summed E-state index contributed by atoms with van der Waals surface area (Å²) in [5.74, 6) is 0. The lowest BCUT2D eigenvalue weighted by molar-refractivity contribution is 0.266. The van der Waals surface area contributed by atoms with Gasteiger partial charge in [0.2, 0.25) is 10.0 Å². The van der Waals surface area contributed by atoms with E-state index in [0.29, 0.717) is 5.69 Å². The van der Waals surface area contributed by atoms with Crippen LogP contribution in [0.15, 0.2) is 17.0 Å². The third kappa shape index (κ3) is 2.90. The van der Waals surface area contributed by atoms with Crippen molar-refractivity contribution in [3.05, 3.63) is 22.7 Å². The molecule has 5 nitrogen and oxygen atoms in total. The molecule has 0 aliphatic carbocycles. The molecule has 0 amide bonds. The maximum absolute atomic E-state index is 12.1. The molecule has 7 heteroatoms. The van der Waals surface area contributed by atoms with Gasteiger partial charge in [-0.25, -0.2) is 8.42 Å². The van der Waals surface area contributed by atoms with Gasteiger partial charge in [0, 0.05) is 19.3 Å². The highest BCUT2D eigenvalue weighted by Gasteiger charge is 2.23. The van der Waals surface area contributed by atoms with Crippen molar-refractivity contribution in [2.75, 3.05) is 25.9 Å². The first-order valence-electron chi connectivity index (χ1n) is 4.93. The van der Waals surface area contributed by atoms with Crippen LogP contribution in [0.1, 0.15) is 5.56 Å². The second-order valence-corrected chi connectivity index (χ2v) is 6.11. The van der Waals surface area contributed by atoms with Crippen LogP contribution in [-0.2, 0) is 10.0 Å². The molecule has 3 N–H and O–H groups in total. The van der Waals surface area contributed by atoms with Crippen molar-refractivity contribution < 1.29 is 13.5 Å². The summed E-state index contributed by atoms with van der Waals surface area (Å²) in [6.07, 6.45) is 0. The number of hydrogen-bond donors (Lipinski definition) is 2. The molecule has 96 valence electrons. The number of nitrogen functional groups attached to an aromatic ring is 1. The van der Waals surface area contributed by atoms with Crippen LogP contribution in [0.5, 0.6) is 0 Å². The van der Waals surface area contributed by atoms with Crippen LogP contribution in [0.3, 0.4) is 0 Å². The van der Waals surface area contributed by atoms with E-state index < -0.39 is 10.0 Å². The van der Waals surface area contributed by atoms with Gasteiger partial charge in [-0.1, -0.05) is 11.6 Å². The van der Waals surface area contributed by atoms with Crippen molar-refractivity contribution in [2.24, 2.45) is 0 Å². The summed E-state index contributed by atoms with van der Waals surface area (Å²) in [7, 11) is -2.34. The summed E-state index contributed by atoms with van der Waals surface area (Å²) >= 11 is 5.91. The molecule has 1 aromatic carbocycles. The van der Waals surface area contributed by atoms with Crippen molar-refractivity contribution in [2.45, 2.75) is 11.8 Å². The minimum atomic E-state index is -3.71. The normalized spacial score (nSPS) is 12.1. The summed E-state index contributed by atoms with van der Waals surface area (Å²) in [6, 6.07) is 2.84. The van der Waals surface area contributed by atoms with Gasteiger partial charge in [0.1, 0.15) is 4.90 Å². The fourth-order valence-electron chi connectivity index (χ4n) is 1.30. The number of likely N-dealkylation sites (N-methyl/N-ethyl adjacent to an activating group) is 1. The zero-order chi connectivity index (χ0) is 13.2. The summed E-state index contributed by atoms with van der Waals surface area (Å²) in [5, 5.41) is 8.88. The Labute approximate surface area is 106 Å². The number of sulfonamides is 1. The number of nitrogens with two attached hydrogens (primary N) is 1. The third-order valence-electron chi connectivity index (χ3n) is 2.42.